The summed E-state index contributed by atoms with van der Waals surface area (Å²) in [6, 6.07) is -2.74. The van der Waals surface area contributed by atoms with E-state index in [-0.39, 0.29) is 15.7 Å². The average Bonchev–Trinajstić information content (AvgIpc) is 3.50. The highest BCUT2D eigenvalue weighted by Crippen LogP contribution is 2.34. The van der Waals surface area contributed by atoms with Crippen molar-refractivity contribution in [2.45, 2.75) is 38.0 Å². The van der Waals surface area contributed by atoms with Gasteiger partial charge in [0.25, 0.3) is 17.7 Å². The zero-order chi connectivity index (χ0) is 35.4. The fraction of sp³-hybridized carbons (Fsp3) is 0.280. The predicted molar refractivity (Wildman–Crippen MR) is 153 cm³/mol. The van der Waals surface area contributed by atoms with Crippen LogP contribution in [0.3, 0.4) is 0 Å². The Kier molecular flexibility index (Phi) is 10.3. The van der Waals surface area contributed by atoms with Crippen LogP contribution in [0.15, 0.2) is 27.8 Å². The van der Waals surface area contributed by atoms with Gasteiger partial charge in [0.2, 0.25) is 5.60 Å². The second kappa shape index (κ2) is 13.8. The number of aromatic nitrogens is 1. The van der Waals surface area contributed by atoms with Crippen LogP contribution in [0.4, 0.5) is 5.13 Å². The van der Waals surface area contributed by atoms with E-state index in [0.717, 1.165) is 37.3 Å². The lowest BCUT2D eigenvalue weighted by Gasteiger charge is -2.22. The molecule has 0 bridgehead atoms. The third-order valence-electron chi connectivity index (χ3n) is 6.12. The molecule has 0 fully saturated rings. The molecule has 2 heterocycles. The number of phenolic OH excluding ortho intramolecular Hbond substituents is 2. The molecule has 0 unspecified atom stereocenters. The predicted octanol–water partition coefficient (Wildman–Crippen LogP) is -1.11. The Morgan fingerprint density at radius 3 is 2.02 bits per heavy atom. The van der Waals surface area contributed by atoms with Gasteiger partial charge in [-0.1, -0.05) is 10.3 Å². The number of fused-ring (bicyclic) bond motifs is 1. The van der Waals surface area contributed by atoms with Crippen LogP contribution in [0.25, 0.3) is 0 Å². The van der Waals surface area contributed by atoms with E-state index in [1.807, 2.05) is 5.32 Å². The van der Waals surface area contributed by atoms with Gasteiger partial charge < -0.3 is 51.4 Å². The number of nitrogens with zero attached hydrogens (tertiary/aromatic N) is 4. The van der Waals surface area contributed by atoms with Crippen LogP contribution in [0.2, 0.25) is 0 Å². The van der Waals surface area contributed by atoms with Crippen LogP contribution in [-0.2, 0) is 33.6 Å². The van der Waals surface area contributed by atoms with Gasteiger partial charge in [0.15, 0.2) is 34.1 Å². The summed E-state index contributed by atoms with van der Waals surface area (Å²) < 4.78 is 0. The summed E-state index contributed by atoms with van der Waals surface area (Å²) in [5.41, 5.74) is 0.679. The molecule has 0 aliphatic carbocycles. The van der Waals surface area contributed by atoms with Gasteiger partial charge in [-0.25, -0.2) is 24.2 Å². The summed E-state index contributed by atoms with van der Waals surface area (Å²) in [5, 5.41) is 67.4. The minimum Gasteiger partial charge on any atom is -0.504 e. The number of hydrogen-bond donors (Lipinski definition) is 8. The number of benzene rings is 1. The number of carboxylic acids is 4. The summed E-state index contributed by atoms with van der Waals surface area (Å²) >= 11 is 0.858. The van der Waals surface area contributed by atoms with E-state index < -0.39 is 106 Å². The first kappa shape index (κ1) is 35.2. The van der Waals surface area contributed by atoms with Crippen LogP contribution in [0, 0.1) is 0 Å². The maximum atomic E-state index is 13.0. The number of amides is 3. The molecule has 3 amide bonds. The second-order valence-corrected chi connectivity index (χ2v) is 10.7. The Labute approximate surface area is 265 Å². The highest BCUT2D eigenvalue weighted by Gasteiger charge is 2.45. The SMILES string of the molecule is CC(C)(O/N=C(\C(=O)N[C@@H](CO/N=C(\C[C@@H](C(=O)O)N1C(=O)c2cc(O)c(O)cc2C1=O)C(=O)O)C(=O)O)c1csc(N)n1)C(=O)O. The molecule has 0 saturated heterocycles. The molecular formula is C25H24N6O15S. The Bertz CT molecular complexity index is 1690. The molecule has 2 aromatic rings. The molecule has 22 heteroatoms. The van der Waals surface area contributed by atoms with Gasteiger partial charge in [0.1, 0.15) is 18.3 Å². The Morgan fingerprint density at radius 1 is 1.00 bits per heavy atom. The van der Waals surface area contributed by atoms with E-state index in [4.69, 9.17) is 15.4 Å². The number of nitrogen functional groups attached to an aromatic ring is 1. The Morgan fingerprint density at radius 2 is 1.57 bits per heavy atom. The zero-order valence-corrected chi connectivity index (χ0v) is 24.7. The Balaban J connectivity index is 1.81. The van der Waals surface area contributed by atoms with E-state index in [2.05, 4.69) is 15.3 Å². The van der Waals surface area contributed by atoms with Crippen molar-refractivity contribution in [1.29, 1.82) is 0 Å². The van der Waals surface area contributed by atoms with Gasteiger partial charge in [-0.2, -0.15) is 0 Å². The monoisotopic (exact) mass is 680 g/mol. The highest BCUT2D eigenvalue weighted by atomic mass is 32.1. The van der Waals surface area contributed by atoms with Gasteiger partial charge >= 0.3 is 23.9 Å². The van der Waals surface area contributed by atoms with E-state index in [1.165, 1.54) is 5.38 Å². The molecular weight excluding hydrogens is 656 g/mol. The standard InChI is InChI=1S/C25H24N6O15S/c1-25(2,23(43)44)46-30-16(12-7-47-24(26)28-12)17(34)27-11(21(39)40)6-45-29-10(20(37)38)5-13(22(41)42)31-18(35)8-3-14(32)15(33)4-9(8)19(31)36/h3-4,7,11,13,32-33H,5-6H2,1-2H3,(H2,26,28)(H,27,34)(H,37,38)(H,39,40)(H,41,42)(H,43,44)/b29-10+,30-16-/t11-,13-/m0/s1. The van der Waals surface area contributed by atoms with Crippen LogP contribution in [-0.4, -0.2) is 118 Å². The molecule has 47 heavy (non-hydrogen) atoms. The number of rotatable bonds is 15. The molecule has 1 aromatic heterocycles. The average molecular weight is 681 g/mol. The number of hydrogen-bond acceptors (Lipinski definition) is 16. The van der Waals surface area contributed by atoms with Gasteiger partial charge in [0.05, 0.1) is 11.1 Å². The molecule has 0 saturated carbocycles. The molecule has 0 spiro atoms. The van der Waals surface area contributed by atoms with Gasteiger partial charge in [-0.05, 0) is 26.0 Å². The number of carbonyl (C=O) groups excluding carboxylic acids is 3. The molecule has 1 aliphatic heterocycles. The summed E-state index contributed by atoms with van der Waals surface area (Å²) in [5.74, 6) is -12.3. The summed E-state index contributed by atoms with van der Waals surface area (Å²) in [4.78, 5) is 99.4. The van der Waals surface area contributed by atoms with Crippen LogP contribution in [0.1, 0.15) is 46.7 Å². The molecule has 21 nitrogen and oxygen atoms in total. The number of phenols is 2. The summed E-state index contributed by atoms with van der Waals surface area (Å²) in [6.07, 6.45) is -1.16. The van der Waals surface area contributed by atoms with Gasteiger partial charge in [-0.15, -0.1) is 11.3 Å². The number of thiazole rings is 1. The maximum Gasteiger partial charge on any atom is 0.353 e. The summed E-state index contributed by atoms with van der Waals surface area (Å²) in [6.45, 7) is 1.14. The molecule has 1 aliphatic rings. The normalized spacial score (nSPS) is 14.6. The first-order valence-corrected chi connectivity index (χ1v) is 13.6. The van der Waals surface area contributed by atoms with E-state index in [9.17, 15) is 64.2 Å². The number of carbonyl (C=O) groups is 7. The van der Waals surface area contributed by atoms with Crippen molar-refractivity contribution >= 4 is 69.5 Å². The summed E-state index contributed by atoms with van der Waals surface area (Å²) in [7, 11) is 0. The quantitative estimate of drug-likeness (QED) is 0.0478. The third-order valence-corrected chi connectivity index (χ3v) is 6.80. The van der Waals surface area contributed by atoms with Gasteiger partial charge in [0, 0.05) is 11.8 Å². The maximum absolute atomic E-state index is 13.0. The topological polar surface area (TPSA) is 338 Å². The third kappa shape index (κ3) is 7.86. The van der Waals surface area contributed by atoms with Crippen LogP contribution in [0.5, 0.6) is 11.5 Å². The van der Waals surface area contributed by atoms with Crippen molar-refractivity contribution in [2.24, 2.45) is 10.3 Å². The first-order chi connectivity index (χ1) is 21.8. The van der Waals surface area contributed by atoms with Crippen molar-refractivity contribution in [3.63, 3.8) is 0 Å². The Hall–Kier alpha value is -6.32. The number of aromatic hydroxyl groups is 2. The number of aliphatic carboxylic acids is 4. The largest absolute Gasteiger partial charge is 0.504 e. The van der Waals surface area contributed by atoms with Crippen molar-refractivity contribution in [3.8, 4) is 11.5 Å². The van der Waals surface area contributed by atoms with Crippen molar-refractivity contribution in [1.82, 2.24) is 15.2 Å². The van der Waals surface area contributed by atoms with Crippen molar-refractivity contribution in [2.75, 3.05) is 12.3 Å². The number of imide groups is 1. The van der Waals surface area contributed by atoms with Crippen LogP contribution < -0.4 is 11.1 Å². The lowest BCUT2D eigenvalue weighted by molar-refractivity contribution is -0.161. The van der Waals surface area contributed by atoms with E-state index in [0.29, 0.717) is 0 Å². The number of carboxylic acid groups (broad SMARTS) is 4. The van der Waals surface area contributed by atoms with Gasteiger partial charge in [-0.3, -0.25) is 19.3 Å². The zero-order valence-electron chi connectivity index (χ0n) is 23.9. The molecule has 250 valence electrons. The molecule has 1 aromatic carbocycles. The first-order valence-electron chi connectivity index (χ1n) is 12.7. The number of oxime groups is 2. The number of anilines is 1. The molecule has 3 rings (SSSR count). The second-order valence-electron chi connectivity index (χ2n) is 9.85. The molecule has 0 radical (unpaired) electrons. The van der Waals surface area contributed by atoms with E-state index >= 15 is 0 Å². The fourth-order valence-electron chi connectivity index (χ4n) is 3.59. The van der Waals surface area contributed by atoms with E-state index in [1.54, 1.807) is 0 Å². The number of nitrogens with one attached hydrogen (secondary N) is 1. The highest BCUT2D eigenvalue weighted by molar-refractivity contribution is 7.13. The fourth-order valence-corrected chi connectivity index (χ4v) is 4.14. The molecule has 2 atom stereocenters. The minimum atomic E-state index is -2.19. The van der Waals surface area contributed by atoms with Crippen molar-refractivity contribution in [3.05, 3.63) is 34.3 Å². The minimum absolute atomic E-state index is 0.0381. The van der Waals surface area contributed by atoms with Crippen molar-refractivity contribution < 1.29 is 73.9 Å². The lowest BCUT2D eigenvalue weighted by atomic mass is 10.1. The smallest absolute Gasteiger partial charge is 0.353 e. The number of nitrogens with two attached hydrogens (primary N) is 1. The lowest BCUT2D eigenvalue weighted by Crippen LogP contribution is -2.47. The van der Waals surface area contributed by atoms with Crippen LogP contribution >= 0.6 is 11.3 Å². The molecule has 9 N–H and O–H groups in total.